The second-order valence-corrected chi connectivity index (χ2v) is 3.15. The summed E-state index contributed by atoms with van der Waals surface area (Å²) >= 11 is 0. The smallest absolute Gasteiger partial charge is 0.413 e. The number of amides is 1. The Morgan fingerprint density at radius 1 is 1.64 bits per heavy atom. The fourth-order valence-corrected chi connectivity index (χ4v) is 0.904. The molecule has 0 N–H and O–H groups in total. The molecule has 1 amide bonds. The molecule has 0 heterocycles. The molecule has 3 nitrogen and oxygen atoms in total. The van der Waals surface area contributed by atoms with E-state index in [1.165, 1.54) is 4.90 Å². The summed E-state index contributed by atoms with van der Waals surface area (Å²) in [7, 11) is 1.68. The molecular formula is C11H19NO2. The second-order valence-electron chi connectivity index (χ2n) is 3.15. The Labute approximate surface area is 86.0 Å². The lowest BCUT2D eigenvalue weighted by Crippen LogP contribution is -2.22. The van der Waals surface area contributed by atoms with Gasteiger partial charge in [-0.1, -0.05) is 19.1 Å². The number of carbonyl (C=O) groups excluding carboxylic acids is 1. The normalized spacial score (nSPS) is 12.5. The molecule has 0 aromatic rings. The number of nitrogens with zero attached hydrogens (tertiary/aromatic N) is 1. The lowest BCUT2D eigenvalue weighted by atomic mass is 10.1. The van der Waals surface area contributed by atoms with Crippen LogP contribution in [0.5, 0.6) is 0 Å². The van der Waals surface area contributed by atoms with Crippen LogP contribution in [0.4, 0.5) is 4.79 Å². The minimum Gasteiger partial charge on any atom is -0.449 e. The standard InChI is InChI=1S/C11H19NO2/c1-5-7-10(3)8-9-12(4)11(13)14-6-2/h5,8-10H,1,6-7H2,2-4H3/b9-8+. The zero-order valence-corrected chi connectivity index (χ0v) is 9.19. The molecule has 0 bridgehead atoms. The van der Waals surface area contributed by atoms with Gasteiger partial charge < -0.3 is 4.74 Å². The lowest BCUT2D eigenvalue weighted by Gasteiger charge is -2.11. The quantitative estimate of drug-likeness (QED) is 0.634. The number of hydrogen-bond donors (Lipinski definition) is 0. The van der Waals surface area contributed by atoms with Gasteiger partial charge in [0.05, 0.1) is 6.61 Å². The fourth-order valence-electron chi connectivity index (χ4n) is 0.904. The Hall–Kier alpha value is -1.25. The molecule has 0 rings (SSSR count). The average Bonchev–Trinajstić information content (AvgIpc) is 2.15. The van der Waals surface area contributed by atoms with Gasteiger partial charge in [0, 0.05) is 13.2 Å². The van der Waals surface area contributed by atoms with Crippen LogP contribution in [-0.2, 0) is 4.74 Å². The summed E-state index contributed by atoms with van der Waals surface area (Å²) in [5, 5.41) is 0. The van der Waals surface area contributed by atoms with Gasteiger partial charge in [-0.2, -0.15) is 0 Å². The van der Waals surface area contributed by atoms with Crippen LogP contribution in [0.15, 0.2) is 24.9 Å². The molecule has 0 aliphatic rings. The number of allylic oxidation sites excluding steroid dienone is 2. The molecule has 0 aromatic carbocycles. The summed E-state index contributed by atoms with van der Waals surface area (Å²) < 4.78 is 4.81. The predicted molar refractivity (Wildman–Crippen MR) is 57.9 cm³/mol. The van der Waals surface area contributed by atoms with Gasteiger partial charge in [-0.25, -0.2) is 4.79 Å². The highest BCUT2D eigenvalue weighted by atomic mass is 16.5. The third kappa shape index (κ3) is 5.41. The number of carbonyl (C=O) groups is 1. The van der Waals surface area contributed by atoms with Gasteiger partial charge >= 0.3 is 6.09 Å². The molecule has 0 aromatic heterocycles. The zero-order valence-electron chi connectivity index (χ0n) is 9.19. The molecule has 0 aliphatic carbocycles. The van der Waals surface area contributed by atoms with Crippen molar-refractivity contribution >= 4 is 6.09 Å². The van der Waals surface area contributed by atoms with Crippen molar-refractivity contribution < 1.29 is 9.53 Å². The number of hydrogen-bond acceptors (Lipinski definition) is 2. The Morgan fingerprint density at radius 2 is 2.29 bits per heavy atom. The van der Waals surface area contributed by atoms with E-state index in [4.69, 9.17) is 4.74 Å². The van der Waals surface area contributed by atoms with Crippen LogP contribution in [0.25, 0.3) is 0 Å². The van der Waals surface area contributed by atoms with Crippen molar-refractivity contribution in [3.05, 3.63) is 24.9 Å². The topological polar surface area (TPSA) is 29.5 Å². The van der Waals surface area contributed by atoms with Crippen molar-refractivity contribution in [1.82, 2.24) is 4.90 Å². The number of ether oxygens (including phenoxy) is 1. The monoisotopic (exact) mass is 197 g/mol. The Bertz CT molecular complexity index is 211. The van der Waals surface area contributed by atoms with Gasteiger partial charge in [0.1, 0.15) is 0 Å². The maximum absolute atomic E-state index is 11.1. The Kier molecular flexibility index (Phi) is 6.54. The van der Waals surface area contributed by atoms with Gasteiger partial charge in [0.25, 0.3) is 0 Å². The van der Waals surface area contributed by atoms with Crippen LogP contribution in [0.1, 0.15) is 20.3 Å². The molecule has 0 aliphatic heterocycles. The first kappa shape index (κ1) is 12.8. The van der Waals surface area contributed by atoms with Crippen molar-refractivity contribution in [3.8, 4) is 0 Å². The summed E-state index contributed by atoms with van der Waals surface area (Å²) in [5.74, 6) is 0.393. The van der Waals surface area contributed by atoms with Crippen molar-refractivity contribution in [3.63, 3.8) is 0 Å². The van der Waals surface area contributed by atoms with E-state index in [1.54, 1.807) is 20.2 Å². The summed E-state index contributed by atoms with van der Waals surface area (Å²) in [6, 6.07) is 0. The van der Waals surface area contributed by atoms with E-state index in [2.05, 4.69) is 13.5 Å². The summed E-state index contributed by atoms with van der Waals surface area (Å²) in [5.41, 5.74) is 0. The molecule has 14 heavy (non-hydrogen) atoms. The minimum atomic E-state index is -0.324. The first-order chi connectivity index (χ1) is 6.61. The van der Waals surface area contributed by atoms with Crippen LogP contribution in [0.2, 0.25) is 0 Å². The fraction of sp³-hybridized carbons (Fsp3) is 0.545. The Balaban J connectivity index is 3.96. The maximum Gasteiger partial charge on any atom is 0.413 e. The van der Waals surface area contributed by atoms with E-state index in [1.807, 2.05) is 12.2 Å². The molecule has 0 spiro atoms. The minimum absolute atomic E-state index is 0.324. The average molecular weight is 197 g/mol. The van der Waals surface area contributed by atoms with E-state index >= 15 is 0 Å². The predicted octanol–water partition coefficient (Wildman–Crippen LogP) is 2.80. The SMILES string of the molecule is C=CCC(C)/C=C/N(C)C(=O)OCC. The highest BCUT2D eigenvalue weighted by Crippen LogP contribution is 2.04. The molecule has 0 fully saturated rings. The molecule has 0 radical (unpaired) electrons. The van der Waals surface area contributed by atoms with Crippen molar-refractivity contribution in [2.45, 2.75) is 20.3 Å². The van der Waals surface area contributed by atoms with Crippen LogP contribution in [0, 0.1) is 5.92 Å². The molecule has 0 saturated heterocycles. The first-order valence-electron chi connectivity index (χ1n) is 4.80. The van der Waals surface area contributed by atoms with Crippen LogP contribution in [-0.4, -0.2) is 24.6 Å². The molecule has 1 atom stereocenters. The van der Waals surface area contributed by atoms with Crippen LogP contribution < -0.4 is 0 Å². The first-order valence-corrected chi connectivity index (χ1v) is 4.80. The molecule has 3 heteroatoms. The van der Waals surface area contributed by atoms with Crippen LogP contribution >= 0.6 is 0 Å². The van der Waals surface area contributed by atoms with Gasteiger partial charge in [-0.05, 0) is 19.3 Å². The highest BCUT2D eigenvalue weighted by molar-refractivity contribution is 5.68. The summed E-state index contributed by atoms with van der Waals surface area (Å²) in [4.78, 5) is 12.6. The van der Waals surface area contributed by atoms with E-state index in [9.17, 15) is 4.79 Å². The largest absolute Gasteiger partial charge is 0.449 e. The highest BCUT2D eigenvalue weighted by Gasteiger charge is 2.04. The summed E-state index contributed by atoms with van der Waals surface area (Å²) in [6.07, 6.45) is 6.13. The number of rotatable bonds is 5. The van der Waals surface area contributed by atoms with E-state index in [0.717, 1.165) is 6.42 Å². The lowest BCUT2D eigenvalue weighted by molar-refractivity contribution is 0.129. The molecule has 1 unspecified atom stereocenters. The maximum atomic E-state index is 11.1. The van der Waals surface area contributed by atoms with Gasteiger partial charge in [0.2, 0.25) is 0 Å². The van der Waals surface area contributed by atoms with Crippen molar-refractivity contribution in [1.29, 1.82) is 0 Å². The van der Waals surface area contributed by atoms with Gasteiger partial charge in [-0.3, -0.25) is 4.90 Å². The van der Waals surface area contributed by atoms with Crippen molar-refractivity contribution in [2.75, 3.05) is 13.7 Å². The third-order valence-electron chi connectivity index (χ3n) is 1.73. The molecule has 80 valence electrons. The van der Waals surface area contributed by atoms with E-state index in [-0.39, 0.29) is 6.09 Å². The third-order valence-corrected chi connectivity index (χ3v) is 1.73. The van der Waals surface area contributed by atoms with E-state index in [0.29, 0.717) is 12.5 Å². The van der Waals surface area contributed by atoms with Crippen LogP contribution in [0.3, 0.4) is 0 Å². The molecular weight excluding hydrogens is 178 g/mol. The summed E-state index contributed by atoms with van der Waals surface area (Å²) in [6.45, 7) is 7.91. The molecule has 0 saturated carbocycles. The van der Waals surface area contributed by atoms with Crippen molar-refractivity contribution in [2.24, 2.45) is 5.92 Å². The second kappa shape index (κ2) is 7.18. The van der Waals surface area contributed by atoms with Gasteiger partial charge in [-0.15, -0.1) is 6.58 Å². The Morgan fingerprint density at radius 3 is 2.79 bits per heavy atom. The van der Waals surface area contributed by atoms with Gasteiger partial charge in [0.15, 0.2) is 0 Å². The zero-order chi connectivity index (χ0) is 11.0. The van der Waals surface area contributed by atoms with E-state index < -0.39 is 0 Å².